The van der Waals surface area contributed by atoms with E-state index in [1.807, 2.05) is 0 Å². The molecule has 2 aliphatic rings. The first kappa shape index (κ1) is 29.9. The standard InChI is InChI=1S/C25H39NO10/c1-14-15(20(30)24(35-3)23(34-2)19(14)29)11-9-7-5-4-6-8-10-12-17(28)26-18-22(32)21(31)16(13-27)36-25(18)33/h16,18,21-22,25,27,31-33H,4-13H2,1-3H3,(H,26,28)/t16-,18-,21-,22-,25?/m1/s1. The van der Waals surface area contributed by atoms with Crippen molar-refractivity contribution in [2.24, 2.45) is 0 Å². The van der Waals surface area contributed by atoms with Gasteiger partial charge in [0.05, 0.1) is 20.8 Å². The summed E-state index contributed by atoms with van der Waals surface area (Å²) >= 11 is 0. The van der Waals surface area contributed by atoms with E-state index < -0.39 is 37.3 Å². The average molecular weight is 514 g/mol. The van der Waals surface area contributed by atoms with E-state index in [2.05, 4.69) is 5.32 Å². The van der Waals surface area contributed by atoms with Crippen molar-refractivity contribution in [3.05, 3.63) is 22.7 Å². The number of amides is 1. The highest BCUT2D eigenvalue weighted by molar-refractivity contribution is 6.23. The van der Waals surface area contributed by atoms with Crippen molar-refractivity contribution in [3.63, 3.8) is 0 Å². The molecule has 1 unspecified atom stereocenters. The van der Waals surface area contributed by atoms with Gasteiger partial charge in [-0.05, 0) is 26.2 Å². The number of carbonyl (C=O) groups is 3. The minimum Gasteiger partial charge on any atom is -0.489 e. The van der Waals surface area contributed by atoms with Gasteiger partial charge in [-0.3, -0.25) is 14.4 Å². The summed E-state index contributed by atoms with van der Waals surface area (Å²) in [5.74, 6) is -1.08. The summed E-state index contributed by atoms with van der Waals surface area (Å²) in [5, 5.41) is 41.5. The van der Waals surface area contributed by atoms with Crippen LogP contribution < -0.4 is 5.32 Å². The monoisotopic (exact) mass is 513 g/mol. The number of carbonyl (C=O) groups excluding carboxylic acids is 3. The highest BCUT2D eigenvalue weighted by Gasteiger charge is 2.44. The van der Waals surface area contributed by atoms with E-state index in [1.54, 1.807) is 6.92 Å². The Morgan fingerprint density at radius 2 is 1.44 bits per heavy atom. The van der Waals surface area contributed by atoms with Crippen LogP contribution in [0.4, 0.5) is 0 Å². The fraction of sp³-hybridized carbons (Fsp3) is 0.720. The molecular weight excluding hydrogens is 474 g/mol. The van der Waals surface area contributed by atoms with Gasteiger partial charge in [-0.1, -0.05) is 32.1 Å². The van der Waals surface area contributed by atoms with Gasteiger partial charge in [0.1, 0.15) is 24.4 Å². The third-order valence-electron chi connectivity index (χ3n) is 6.65. The maximum Gasteiger partial charge on any atom is 0.228 e. The predicted octanol–water partition coefficient (Wildman–Crippen LogP) is 0.386. The largest absolute Gasteiger partial charge is 0.489 e. The number of ether oxygens (including phenoxy) is 3. The number of methoxy groups -OCH3 is 2. The van der Waals surface area contributed by atoms with Crippen LogP contribution in [0, 0.1) is 0 Å². The Morgan fingerprint density at radius 3 is 2.03 bits per heavy atom. The number of hydrogen-bond acceptors (Lipinski definition) is 10. The molecule has 0 spiro atoms. The quantitative estimate of drug-likeness (QED) is 0.162. The minimum absolute atomic E-state index is 0.0438. The van der Waals surface area contributed by atoms with Crippen molar-refractivity contribution in [3.8, 4) is 0 Å². The first-order valence-corrected chi connectivity index (χ1v) is 12.4. The molecular formula is C25H39NO10. The molecule has 11 nitrogen and oxygen atoms in total. The molecule has 0 aromatic heterocycles. The van der Waals surface area contributed by atoms with Gasteiger partial charge in [-0.2, -0.15) is 0 Å². The van der Waals surface area contributed by atoms with Crippen molar-refractivity contribution in [2.45, 2.75) is 95.4 Å². The Bertz CT molecular complexity index is 852. The predicted molar refractivity (Wildman–Crippen MR) is 127 cm³/mol. The van der Waals surface area contributed by atoms with Crippen LogP contribution in [0.15, 0.2) is 22.7 Å². The summed E-state index contributed by atoms with van der Waals surface area (Å²) in [7, 11) is 2.68. The van der Waals surface area contributed by atoms with Crippen molar-refractivity contribution < 1.29 is 49.0 Å². The topological polar surface area (TPSA) is 172 Å². The third-order valence-corrected chi connectivity index (χ3v) is 6.65. The summed E-state index contributed by atoms with van der Waals surface area (Å²) in [6.45, 7) is 1.07. The molecule has 1 fully saturated rings. The number of allylic oxidation sites excluding steroid dienone is 2. The lowest BCUT2D eigenvalue weighted by Crippen LogP contribution is -2.64. The number of unbranched alkanes of at least 4 members (excludes halogenated alkanes) is 6. The maximum absolute atomic E-state index is 12.6. The van der Waals surface area contributed by atoms with Gasteiger partial charge < -0.3 is 40.0 Å². The van der Waals surface area contributed by atoms with Gasteiger partial charge in [0.15, 0.2) is 6.29 Å². The zero-order chi connectivity index (χ0) is 26.8. The van der Waals surface area contributed by atoms with Crippen LogP contribution >= 0.6 is 0 Å². The second-order valence-corrected chi connectivity index (χ2v) is 9.13. The summed E-state index contributed by atoms with van der Waals surface area (Å²) in [6, 6.07) is -1.17. The molecule has 204 valence electrons. The summed E-state index contributed by atoms with van der Waals surface area (Å²) in [6.07, 6.45) is 1.17. The van der Waals surface area contributed by atoms with Gasteiger partial charge in [0.2, 0.25) is 29.0 Å². The average Bonchev–Trinajstić information content (AvgIpc) is 2.86. The Morgan fingerprint density at radius 1 is 0.889 bits per heavy atom. The molecule has 1 heterocycles. The van der Waals surface area contributed by atoms with E-state index >= 15 is 0 Å². The van der Waals surface area contributed by atoms with E-state index in [4.69, 9.17) is 19.3 Å². The van der Waals surface area contributed by atoms with E-state index in [0.717, 1.165) is 38.5 Å². The molecule has 1 aliphatic carbocycles. The van der Waals surface area contributed by atoms with Crippen LogP contribution in [0.2, 0.25) is 0 Å². The van der Waals surface area contributed by atoms with Crippen LogP contribution in [-0.2, 0) is 28.6 Å². The van der Waals surface area contributed by atoms with Gasteiger partial charge in [0.25, 0.3) is 0 Å². The molecule has 11 heteroatoms. The number of ketones is 2. The zero-order valence-corrected chi connectivity index (χ0v) is 21.2. The number of aliphatic hydroxyl groups excluding tert-OH is 4. The van der Waals surface area contributed by atoms with Crippen LogP contribution in [0.3, 0.4) is 0 Å². The van der Waals surface area contributed by atoms with Crippen molar-refractivity contribution >= 4 is 17.5 Å². The second kappa shape index (κ2) is 14.4. The lowest BCUT2D eigenvalue weighted by Gasteiger charge is -2.40. The highest BCUT2D eigenvalue weighted by Crippen LogP contribution is 2.29. The number of aliphatic hydroxyl groups is 4. The fourth-order valence-corrected chi connectivity index (χ4v) is 4.47. The molecule has 0 bridgehead atoms. The Hall–Kier alpha value is -2.31. The molecule has 1 aliphatic heterocycles. The summed E-state index contributed by atoms with van der Waals surface area (Å²) in [4.78, 5) is 37.2. The summed E-state index contributed by atoms with van der Waals surface area (Å²) < 4.78 is 15.2. The molecule has 5 N–H and O–H groups in total. The van der Waals surface area contributed by atoms with Gasteiger partial charge in [-0.25, -0.2) is 0 Å². The third kappa shape index (κ3) is 7.36. The van der Waals surface area contributed by atoms with Crippen LogP contribution in [-0.4, -0.2) is 89.4 Å². The van der Waals surface area contributed by atoms with Crippen molar-refractivity contribution in [1.29, 1.82) is 0 Å². The first-order chi connectivity index (χ1) is 17.2. The fourth-order valence-electron chi connectivity index (χ4n) is 4.47. The number of hydrogen-bond donors (Lipinski definition) is 5. The molecule has 0 aromatic rings. The normalized spacial score (nSPS) is 26.9. The van der Waals surface area contributed by atoms with Crippen molar-refractivity contribution in [2.75, 3.05) is 20.8 Å². The van der Waals surface area contributed by atoms with Gasteiger partial charge >= 0.3 is 0 Å². The van der Waals surface area contributed by atoms with Crippen molar-refractivity contribution in [1.82, 2.24) is 5.32 Å². The zero-order valence-electron chi connectivity index (χ0n) is 21.2. The Kier molecular flexibility index (Phi) is 12.0. The Balaban J connectivity index is 1.61. The minimum atomic E-state index is -1.52. The van der Waals surface area contributed by atoms with E-state index in [1.165, 1.54) is 14.2 Å². The van der Waals surface area contributed by atoms with Crippen LogP contribution in [0.5, 0.6) is 0 Å². The molecule has 36 heavy (non-hydrogen) atoms. The first-order valence-electron chi connectivity index (χ1n) is 12.4. The molecule has 5 atom stereocenters. The Labute approximate surface area is 211 Å². The van der Waals surface area contributed by atoms with Crippen LogP contribution in [0.25, 0.3) is 0 Å². The molecule has 2 rings (SSSR count). The molecule has 0 saturated carbocycles. The highest BCUT2D eigenvalue weighted by atomic mass is 16.6. The lowest BCUT2D eigenvalue weighted by atomic mass is 9.89. The molecule has 1 amide bonds. The number of Topliss-reactive ketones (excluding diaryl/α,β-unsaturated/α-hetero) is 2. The van der Waals surface area contributed by atoms with E-state index in [-0.39, 0.29) is 35.4 Å². The second-order valence-electron chi connectivity index (χ2n) is 9.13. The number of rotatable bonds is 14. The lowest BCUT2D eigenvalue weighted by molar-refractivity contribution is -0.253. The molecule has 0 radical (unpaired) electrons. The molecule has 0 aromatic carbocycles. The summed E-state index contributed by atoms with van der Waals surface area (Å²) in [5.41, 5.74) is 0.875. The van der Waals surface area contributed by atoms with Gasteiger partial charge in [-0.15, -0.1) is 0 Å². The van der Waals surface area contributed by atoms with Crippen LogP contribution in [0.1, 0.15) is 64.7 Å². The van der Waals surface area contributed by atoms with E-state index in [9.17, 15) is 29.7 Å². The maximum atomic E-state index is 12.6. The smallest absolute Gasteiger partial charge is 0.228 e. The van der Waals surface area contributed by atoms with E-state index in [0.29, 0.717) is 24.0 Å². The van der Waals surface area contributed by atoms with Gasteiger partial charge in [0, 0.05) is 17.6 Å². The molecule has 1 saturated heterocycles. The SMILES string of the molecule is COC1=C(OC)C(=O)C(CCCCCCCCCC(=O)N[C@H]2C(O)O[C@H](CO)[C@@H](O)[C@@H]2O)=C(C)C1=O. The number of nitrogens with one attached hydrogen (secondary N) is 1.